The predicted molar refractivity (Wildman–Crippen MR) is 111 cm³/mol. The van der Waals surface area contributed by atoms with Crippen LogP contribution in [0.5, 0.6) is 0 Å². The molecule has 1 fully saturated rings. The molecule has 2 aliphatic rings. The first-order valence-electron chi connectivity index (χ1n) is 9.78. The molecule has 2 aromatic carbocycles. The Morgan fingerprint density at radius 1 is 0.966 bits per heavy atom. The molecule has 2 aromatic rings. The molecule has 0 saturated carbocycles. The lowest BCUT2D eigenvalue weighted by atomic mass is 9.95. The molecule has 0 radical (unpaired) electrons. The number of rotatable bonds is 4. The van der Waals surface area contributed by atoms with Crippen molar-refractivity contribution >= 4 is 29.1 Å². The molecule has 6 heteroatoms. The molecule has 0 aliphatic carbocycles. The average Bonchev–Trinajstić information content (AvgIpc) is 2.99. The molecule has 6 nitrogen and oxygen atoms in total. The molecule has 29 heavy (non-hydrogen) atoms. The van der Waals surface area contributed by atoms with Crippen LogP contribution in [0.3, 0.4) is 0 Å². The highest BCUT2D eigenvalue weighted by Crippen LogP contribution is 2.31. The molecule has 0 bridgehead atoms. The second-order valence-electron chi connectivity index (χ2n) is 7.39. The Morgan fingerprint density at radius 2 is 1.59 bits per heavy atom. The molecule has 0 aromatic heterocycles. The van der Waals surface area contributed by atoms with Gasteiger partial charge in [0.2, 0.25) is 11.8 Å². The van der Waals surface area contributed by atoms with Gasteiger partial charge in [0, 0.05) is 41.5 Å². The zero-order valence-corrected chi connectivity index (χ0v) is 16.1. The van der Waals surface area contributed by atoms with Crippen LogP contribution >= 0.6 is 0 Å². The van der Waals surface area contributed by atoms with Crippen molar-refractivity contribution in [3.63, 3.8) is 0 Å². The fourth-order valence-electron chi connectivity index (χ4n) is 3.89. The smallest absolute Gasteiger partial charge is 0.259 e. The van der Waals surface area contributed by atoms with Gasteiger partial charge >= 0.3 is 0 Å². The number of nitrogens with zero attached hydrogens (tertiary/aromatic N) is 2. The number of fused-ring (bicyclic) bond motifs is 1. The Labute approximate surface area is 169 Å². The Bertz CT molecular complexity index is 927. The molecule has 0 unspecified atom stereocenters. The molecule has 0 spiro atoms. The van der Waals surface area contributed by atoms with Gasteiger partial charge in [0.25, 0.3) is 5.91 Å². The monoisotopic (exact) mass is 389 g/mol. The van der Waals surface area contributed by atoms with E-state index < -0.39 is 0 Å². The van der Waals surface area contributed by atoms with Crippen LogP contribution in [0.4, 0.5) is 5.69 Å². The van der Waals surface area contributed by atoms with Crippen LogP contribution in [-0.4, -0.2) is 47.2 Å². The standard InChI is InChI=1S/C23H23N3O3/c1-16-19-9-5-6-10-20(19)23(29)26(16)15-21(27)25-13-11-17(12-14-25)22(28)24-18-7-3-2-4-8-18/h2-10,17H,1,11-15H2,(H,24,28). The number of likely N-dealkylation sites (tertiary alicyclic amines) is 1. The Kier molecular flexibility index (Phi) is 5.16. The molecule has 2 aliphatic heterocycles. The summed E-state index contributed by atoms with van der Waals surface area (Å²) >= 11 is 0. The largest absolute Gasteiger partial charge is 0.341 e. The minimum atomic E-state index is -0.184. The van der Waals surface area contributed by atoms with Crippen molar-refractivity contribution in [3.8, 4) is 0 Å². The first-order valence-corrected chi connectivity index (χ1v) is 9.78. The van der Waals surface area contributed by atoms with E-state index in [1.165, 1.54) is 4.90 Å². The molecule has 2 heterocycles. The van der Waals surface area contributed by atoms with Gasteiger partial charge in [-0.25, -0.2) is 0 Å². The summed E-state index contributed by atoms with van der Waals surface area (Å²) < 4.78 is 0. The molecule has 1 saturated heterocycles. The zero-order valence-electron chi connectivity index (χ0n) is 16.1. The molecule has 4 rings (SSSR count). The van der Waals surface area contributed by atoms with Gasteiger partial charge in [0.05, 0.1) is 0 Å². The van der Waals surface area contributed by atoms with Crippen LogP contribution in [0.15, 0.2) is 61.2 Å². The maximum absolute atomic E-state index is 12.8. The second kappa shape index (κ2) is 7.91. The Hall–Kier alpha value is -3.41. The van der Waals surface area contributed by atoms with Gasteiger partial charge in [-0.1, -0.05) is 43.0 Å². The van der Waals surface area contributed by atoms with Gasteiger partial charge in [-0.2, -0.15) is 0 Å². The van der Waals surface area contributed by atoms with Crippen molar-refractivity contribution in [1.82, 2.24) is 9.80 Å². The maximum atomic E-state index is 12.8. The van der Waals surface area contributed by atoms with Gasteiger partial charge in [0.15, 0.2) is 0 Å². The number of nitrogens with one attached hydrogen (secondary N) is 1. The van der Waals surface area contributed by atoms with E-state index in [1.807, 2.05) is 42.5 Å². The third-order valence-electron chi connectivity index (χ3n) is 5.59. The van der Waals surface area contributed by atoms with Crippen molar-refractivity contribution in [2.75, 3.05) is 25.0 Å². The Balaban J connectivity index is 1.31. The number of para-hydroxylation sites is 1. The van der Waals surface area contributed by atoms with E-state index in [4.69, 9.17) is 0 Å². The van der Waals surface area contributed by atoms with Crippen molar-refractivity contribution in [2.24, 2.45) is 5.92 Å². The fourth-order valence-corrected chi connectivity index (χ4v) is 3.89. The Morgan fingerprint density at radius 3 is 2.24 bits per heavy atom. The summed E-state index contributed by atoms with van der Waals surface area (Å²) in [5.74, 6) is -0.431. The van der Waals surface area contributed by atoms with E-state index in [0.29, 0.717) is 37.2 Å². The highest BCUT2D eigenvalue weighted by molar-refractivity contribution is 6.10. The van der Waals surface area contributed by atoms with Crippen molar-refractivity contribution in [2.45, 2.75) is 12.8 Å². The van der Waals surface area contributed by atoms with E-state index in [9.17, 15) is 14.4 Å². The third kappa shape index (κ3) is 3.78. The van der Waals surface area contributed by atoms with E-state index in [2.05, 4.69) is 11.9 Å². The van der Waals surface area contributed by atoms with Crippen LogP contribution < -0.4 is 5.32 Å². The van der Waals surface area contributed by atoms with E-state index >= 15 is 0 Å². The number of piperidine rings is 1. The number of anilines is 1. The summed E-state index contributed by atoms with van der Waals surface area (Å²) in [6.07, 6.45) is 1.22. The minimum absolute atomic E-state index is 0.0122. The lowest BCUT2D eigenvalue weighted by Gasteiger charge is -2.32. The maximum Gasteiger partial charge on any atom is 0.259 e. The number of hydrogen-bond donors (Lipinski definition) is 1. The average molecular weight is 389 g/mol. The van der Waals surface area contributed by atoms with Crippen molar-refractivity contribution in [1.29, 1.82) is 0 Å². The number of amides is 3. The van der Waals surface area contributed by atoms with Gasteiger partial charge in [0.1, 0.15) is 6.54 Å². The molecular weight excluding hydrogens is 366 g/mol. The minimum Gasteiger partial charge on any atom is -0.341 e. The molecule has 0 atom stereocenters. The summed E-state index contributed by atoms with van der Waals surface area (Å²) in [5.41, 5.74) is 2.71. The van der Waals surface area contributed by atoms with Crippen LogP contribution in [-0.2, 0) is 9.59 Å². The second-order valence-corrected chi connectivity index (χ2v) is 7.39. The molecule has 3 amide bonds. The zero-order chi connectivity index (χ0) is 20.4. The van der Waals surface area contributed by atoms with Crippen LogP contribution in [0.1, 0.15) is 28.8 Å². The van der Waals surface area contributed by atoms with Crippen LogP contribution in [0.2, 0.25) is 0 Å². The van der Waals surface area contributed by atoms with Gasteiger partial charge in [-0.05, 0) is 31.0 Å². The van der Waals surface area contributed by atoms with Crippen LogP contribution in [0, 0.1) is 5.92 Å². The molecular formula is C23H23N3O3. The quantitative estimate of drug-likeness (QED) is 0.874. The van der Waals surface area contributed by atoms with Gasteiger partial charge in [-0.15, -0.1) is 0 Å². The van der Waals surface area contributed by atoms with Gasteiger partial charge < -0.3 is 10.2 Å². The van der Waals surface area contributed by atoms with Crippen molar-refractivity contribution < 1.29 is 14.4 Å². The highest BCUT2D eigenvalue weighted by atomic mass is 16.2. The topological polar surface area (TPSA) is 69.7 Å². The van der Waals surface area contributed by atoms with Gasteiger partial charge in [-0.3, -0.25) is 19.3 Å². The summed E-state index contributed by atoms with van der Waals surface area (Å²) in [7, 11) is 0. The lowest BCUT2D eigenvalue weighted by Crippen LogP contribution is -2.45. The number of carbonyl (C=O) groups excluding carboxylic acids is 3. The van der Waals surface area contributed by atoms with E-state index in [1.54, 1.807) is 17.0 Å². The molecule has 148 valence electrons. The number of hydrogen-bond acceptors (Lipinski definition) is 3. The van der Waals surface area contributed by atoms with E-state index in [-0.39, 0.29) is 30.2 Å². The fraction of sp³-hybridized carbons (Fsp3) is 0.261. The normalized spacial score (nSPS) is 16.7. The summed E-state index contributed by atoms with van der Waals surface area (Å²) in [6.45, 7) is 4.98. The first kappa shape index (κ1) is 18.9. The number of benzene rings is 2. The van der Waals surface area contributed by atoms with Crippen molar-refractivity contribution in [3.05, 3.63) is 72.3 Å². The number of carbonyl (C=O) groups is 3. The van der Waals surface area contributed by atoms with Crippen LogP contribution in [0.25, 0.3) is 5.70 Å². The third-order valence-corrected chi connectivity index (χ3v) is 5.59. The predicted octanol–water partition coefficient (Wildman–Crippen LogP) is 2.99. The van der Waals surface area contributed by atoms with E-state index in [0.717, 1.165) is 11.3 Å². The molecule has 1 N–H and O–H groups in total. The summed E-state index contributed by atoms with van der Waals surface area (Å²) in [6, 6.07) is 16.6. The highest BCUT2D eigenvalue weighted by Gasteiger charge is 2.34. The SMILES string of the molecule is C=C1c2ccccc2C(=O)N1CC(=O)N1CCC(C(=O)Nc2ccccc2)CC1. The summed E-state index contributed by atoms with van der Waals surface area (Å²) in [5, 5.41) is 2.93. The summed E-state index contributed by atoms with van der Waals surface area (Å²) in [4.78, 5) is 41.0. The lowest BCUT2D eigenvalue weighted by molar-refractivity contribution is -0.134. The first-order chi connectivity index (χ1) is 14.0.